The monoisotopic (exact) mass is 255 g/mol. The van der Waals surface area contributed by atoms with Gasteiger partial charge in [-0.2, -0.15) is 0 Å². The van der Waals surface area contributed by atoms with E-state index >= 15 is 0 Å². The minimum Gasteiger partial charge on any atom is -0.387 e. The minimum atomic E-state index is -0.932. The van der Waals surface area contributed by atoms with Crippen molar-refractivity contribution >= 4 is 0 Å². The molecule has 100 valence electrons. The van der Waals surface area contributed by atoms with Crippen LogP contribution in [-0.4, -0.2) is 18.2 Å². The van der Waals surface area contributed by atoms with Gasteiger partial charge < -0.3 is 10.4 Å². The summed E-state index contributed by atoms with van der Waals surface area (Å²) in [4.78, 5) is 0. The molecule has 0 spiro atoms. The molecule has 2 rings (SSSR count). The Hall–Kier alpha value is -1.00. The topological polar surface area (TPSA) is 32.3 Å². The first-order chi connectivity index (χ1) is 8.56. The number of aliphatic hydroxyl groups is 1. The van der Waals surface area contributed by atoms with Crippen molar-refractivity contribution in [2.24, 2.45) is 5.41 Å². The highest BCUT2D eigenvalue weighted by Gasteiger charge is 2.39. The summed E-state index contributed by atoms with van der Waals surface area (Å²) in [5.74, 6) is -1.32. The molecule has 1 aliphatic carbocycles. The molecule has 1 aromatic rings. The molecule has 0 bridgehead atoms. The van der Waals surface area contributed by atoms with Crippen molar-refractivity contribution in [2.75, 3.05) is 13.1 Å². The molecule has 1 unspecified atom stereocenters. The lowest BCUT2D eigenvalue weighted by Gasteiger charge is -2.17. The molecule has 0 heterocycles. The lowest BCUT2D eigenvalue weighted by Crippen LogP contribution is -2.28. The van der Waals surface area contributed by atoms with Gasteiger partial charge in [-0.05, 0) is 30.7 Å². The summed E-state index contributed by atoms with van der Waals surface area (Å²) in [6.45, 7) is 3.30. The SMILES string of the molecule is CCC1(CNCC(O)c2ccc(F)cc2F)CC1. The van der Waals surface area contributed by atoms with Crippen LogP contribution in [0.5, 0.6) is 0 Å². The molecule has 0 aliphatic heterocycles. The molecule has 1 fully saturated rings. The molecule has 1 saturated carbocycles. The molecule has 0 amide bonds. The largest absolute Gasteiger partial charge is 0.387 e. The number of aliphatic hydroxyl groups excluding tert-OH is 1. The molecule has 2 N–H and O–H groups in total. The first kappa shape index (κ1) is 13.4. The number of rotatable bonds is 6. The maximum absolute atomic E-state index is 13.4. The zero-order valence-electron chi connectivity index (χ0n) is 10.5. The molecular formula is C14H19F2NO. The normalized spacial score (nSPS) is 18.7. The third-order valence-corrected chi connectivity index (χ3v) is 3.87. The molecule has 4 heteroatoms. The molecular weight excluding hydrogens is 236 g/mol. The van der Waals surface area contributed by atoms with Crippen LogP contribution in [0.4, 0.5) is 8.78 Å². The Kier molecular flexibility index (Phi) is 3.97. The van der Waals surface area contributed by atoms with Gasteiger partial charge in [0.25, 0.3) is 0 Å². The van der Waals surface area contributed by atoms with E-state index in [-0.39, 0.29) is 5.56 Å². The van der Waals surface area contributed by atoms with Crippen molar-refractivity contribution in [1.29, 1.82) is 0 Å². The average molecular weight is 255 g/mol. The van der Waals surface area contributed by atoms with Crippen LogP contribution in [0.2, 0.25) is 0 Å². The Bertz CT molecular complexity index is 418. The molecule has 1 aliphatic rings. The summed E-state index contributed by atoms with van der Waals surface area (Å²) >= 11 is 0. The molecule has 0 radical (unpaired) electrons. The van der Waals surface area contributed by atoms with E-state index in [0.717, 1.165) is 25.1 Å². The van der Waals surface area contributed by atoms with E-state index in [4.69, 9.17) is 0 Å². The number of benzene rings is 1. The van der Waals surface area contributed by atoms with Gasteiger partial charge in [0.2, 0.25) is 0 Å². The fourth-order valence-electron chi connectivity index (χ4n) is 2.19. The Labute approximate surface area is 106 Å². The van der Waals surface area contributed by atoms with E-state index in [1.54, 1.807) is 0 Å². The minimum absolute atomic E-state index is 0.144. The van der Waals surface area contributed by atoms with Crippen LogP contribution in [0.25, 0.3) is 0 Å². The quantitative estimate of drug-likeness (QED) is 0.819. The van der Waals surface area contributed by atoms with Crippen molar-refractivity contribution in [3.63, 3.8) is 0 Å². The second kappa shape index (κ2) is 5.33. The highest BCUT2D eigenvalue weighted by Crippen LogP contribution is 2.47. The Balaban J connectivity index is 1.85. The highest BCUT2D eigenvalue weighted by molar-refractivity contribution is 5.21. The molecule has 1 atom stereocenters. The van der Waals surface area contributed by atoms with E-state index in [9.17, 15) is 13.9 Å². The standard InChI is InChI=1S/C14H19F2NO/c1-2-14(5-6-14)9-17-8-13(18)11-4-3-10(15)7-12(11)16/h3-4,7,13,17-18H,2,5-6,8-9H2,1H3. The van der Waals surface area contributed by atoms with Crippen LogP contribution in [0.3, 0.4) is 0 Å². The van der Waals surface area contributed by atoms with Crippen LogP contribution in [0.1, 0.15) is 37.9 Å². The van der Waals surface area contributed by atoms with E-state index in [1.807, 2.05) is 0 Å². The van der Waals surface area contributed by atoms with Gasteiger partial charge in [-0.25, -0.2) is 8.78 Å². The van der Waals surface area contributed by atoms with Crippen LogP contribution in [0, 0.1) is 17.0 Å². The van der Waals surface area contributed by atoms with Crippen LogP contribution in [0.15, 0.2) is 18.2 Å². The molecule has 2 nitrogen and oxygen atoms in total. The number of halogens is 2. The third kappa shape index (κ3) is 3.06. The summed E-state index contributed by atoms with van der Waals surface area (Å²) in [5, 5.41) is 13.0. The van der Waals surface area contributed by atoms with Crippen LogP contribution >= 0.6 is 0 Å². The van der Waals surface area contributed by atoms with E-state index in [0.29, 0.717) is 12.0 Å². The molecule has 1 aromatic carbocycles. The predicted molar refractivity (Wildman–Crippen MR) is 66.1 cm³/mol. The molecule has 0 saturated heterocycles. The van der Waals surface area contributed by atoms with Gasteiger partial charge in [-0.15, -0.1) is 0 Å². The third-order valence-electron chi connectivity index (χ3n) is 3.87. The highest BCUT2D eigenvalue weighted by atomic mass is 19.1. The summed E-state index contributed by atoms with van der Waals surface area (Å²) in [7, 11) is 0. The Morgan fingerprint density at radius 2 is 2.11 bits per heavy atom. The van der Waals surface area contributed by atoms with Crippen molar-refractivity contribution in [3.8, 4) is 0 Å². The lowest BCUT2D eigenvalue weighted by molar-refractivity contribution is 0.167. The maximum atomic E-state index is 13.4. The van der Waals surface area contributed by atoms with Crippen molar-refractivity contribution in [2.45, 2.75) is 32.3 Å². The zero-order chi connectivity index (χ0) is 13.2. The van der Waals surface area contributed by atoms with Crippen molar-refractivity contribution in [3.05, 3.63) is 35.4 Å². The van der Waals surface area contributed by atoms with E-state index in [1.165, 1.54) is 18.9 Å². The predicted octanol–water partition coefficient (Wildman–Crippen LogP) is 2.78. The first-order valence-electron chi connectivity index (χ1n) is 6.40. The van der Waals surface area contributed by atoms with Gasteiger partial charge in [0, 0.05) is 24.7 Å². The summed E-state index contributed by atoms with van der Waals surface area (Å²) in [6, 6.07) is 3.26. The number of hydrogen-bond acceptors (Lipinski definition) is 2. The Morgan fingerprint density at radius 1 is 1.39 bits per heavy atom. The van der Waals surface area contributed by atoms with Gasteiger partial charge in [0.05, 0.1) is 6.10 Å². The van der Waals surface area contributed by atoms with Crippen LogP contribution in [-0.2, 0) is 0 Å². The summed E-state index contributed by atoms with van der Waals surface area (Å²) in [6.07, 6.45) is 2.63. The fraction of sp³-hybridized carbons (Fsp3) is 0.571. The number of hydrogen-bond donors (Lipinski definition) is 2. The second-order valence-electron chi connectivity index (χ2n) is 5.17. The van der Waals surface area contributed by atoms with E-state index in [2.05, 4.69) is 12.2 Å². The lowest BCUT2D eigenvalue weighted by atomic mass is 10.0. The van der Waals surface area contributed by atoms with Crippen molar-refractivity contribution < 1.29 is 13.9 Å². The second-order valence-corrected chi connectivity index (χ2v) is 5.17. The zero-order valence-corrected chi connectivity index (χ0v) is 10.5. The van der Waals surface area contributed by atoms with Crippen molar-refractivity contribution in [1.82, 2.24) is 5.32 Å². The van der Waals surface area contributed by atoms with Gasteiger partial charge in [0.1, 0.15) is 11.6 Å². The summed E-state index contributed by atoms with van der Waals surface area (Å²) < 4.78 is 26.1. The van der Waals surface area contributed by atoms with Crippen LogP contribution < -0.4 is 5.32 Å². The molecule has 0 aromatic heterocycles. The number of nitrogens with one attached hydrogen (secondary N) is 1. The average Bonchev–Trinajstić information content (AvgIpc) is 3.09. The smallest absolute Gasteiger partial charge is 0.131 e. The van der Waals surface area contributed by atoms with Gasteiger partial charge in [0.15, 0.2) is 0 Å². The van der Waals surface area contributed by atoms with Gasteiger partial charge >= 0.3 is 0 Å². The van der Waals surface area contributed by atoms with Gasteiger partial charge in [-0.1, -0.05) is 13.0 Å². The molecule has 18 heavy (non-hydrogen) atoms. The van der Waals surface area contributed by atoms with E-state index < -0.39 is 17.7 Å². The maximum Gasteiger partial charge on any atom is 0.131 e. The first-order valence-corrected chi connectivity index (χ1v) is 6.40. The fourth-order valence-corrected chi connectivity index (χ4v) is 2.19. The van der Waals surface area contributed by atoms with Gasteiger partial charge in [-0.3, -0.25) is 0 Å². The Morgan fingerprint density at radius 3 is 2.67 bits per heavy atom. The summed E-state index contributed by atoms with van der Waals surface area (Å²) in [5.41, 5.74) is 0.534.